The molecule has 2 heterocycles. The Morgan fingerprint density at radius 2 is 2.16 bits per heavy atom. The number of carboxylic acids is 1. The van der Waals surface area contributed by atoms with Gasteiger partial charge in [0.05, 0.1) is 25.3 Å². The van der Waals surface area contributed by atoms with E-state index in [1.807, 2.05) is 0 Å². The van der Waals surface area contributed by atoms with Gasteiger partial charge in [-0.3, -0.25) is 9.59 Å². The number of nitrogens with one attached hydrogen (secondary N) is 2. The van der Waals surface area contributed by atoms with Gasteiger partial charge in [0.2, 0.25) is 17.6 Å². The Kier molecular flexibility index (Phi) is 4.42. The predicted molar refractivity (Wildman–Crippen MR) is 86.5 cm³/mol. The van der Waals surface area contributed by atoms with Crippen LogP contribution in [-0.2, 0) is 16.1 Å². The Balaban J connectivity index is 1.76. The van der Waals surface area contributed by atoms with Gasteiger partial charge in [-0.25, -0.2) is 4.79 Å². The van der Waals surface area contributed by atoms with Crippen LogP contribution in [0, 0.1) is 0 Å². The first-order chi connectivity index (χ1) is 12.0. The van der Waals surface area contributed by atoms with Crippen molar-refractivity contribution in [3.8, 4) is 5.75 Å². The van der Waals surface area contributed by atoms with Crippen molar-refractivity contribution in [2.75, 3.05) is 12.4 Å². The van der Waals surface area contributed by atoms with Gasteiger partial charge in [-0.2, -0.15) is 0 Å². The number of hydrogen-bond acceptors (Lipinski definition) is 5. The lowest BCUT2D eigenvalue weighted by Crippen LogP contribution is -2.34. The second-order valence-electron chi connectivity index (χ2n) is 5.52. The Labute approximate surface area is 142 Å². The van der Waals surface area contributed by atoms with Crippen LogP contribution >= 0.6 is 0 Å². The molecule has 0 saturated heterocycles. The van der Waals surface area contributed by atoms with E-state index in [1.54, 1.807) is 18.2 Å². The zero-order valence-corrected chi connectivity index (χ0v) is 13.4. The van der Waals surface area contributed by atoms with Gasteiger partial charge in [0, 0.05) is 6.42 Å². The van der Waals surface area contributed by atoms with Crippen LogP contribution in [0.4, 0.5) is 5.69 Å². The van der Waals surface area contributed by atoms with Crippen LogP contribution in [-0.4, -0.2) is 30.0 Å². The molecule has 25 heavy (non-hydrogen) atoms. The largest absolute Gasteiger partial charge is 0.495 e. The number of carboxylic acid groups (broad SMARTS) is 1. The summed E-state index contributed by atoms with van der Waals surface area (Å²) in [4.78, 5) is 35.3. The standard InChI is InChI=1S/C17H16N2O6/c1-24-12-4-2-3-10-11(7-14(20)19-15(10)12)16(21)18-8-9-5-6-13(25-9)17(22)23/h2-6,11H,7-8H2,1H3,(H,18,21)(H,19,20)(H,22,23). The van der Waals surface area contributed by atoms with Gasteiger partial charge in [-0.05, 0) is 23.8 Å². The van der Waals surface area contributed by atoms with E-state index < -0.39 is 11.9 Å². The number of furan rings is 1. The van der Waals surface area contributed by atoms with Crippen molar-refractivity contribution in [1.82, 2.24) is 5.32 Å². The molecule has 2 amide bonds. The first-order valence-corrected chi connectivity index (χ1v) is 7.56. The van der Waals surface area contributed by atoms with Crippen LogP contribution in [0.2, 0.25) is 0 Å². The summed E-state index contributed by atoms with van der Waals surface area (Å²) in [5.41, 5.74) is 1.16. The van der Waals surface area contributed by atoms with Crippen molar-refractivity contribution >= 4 is 23.5 Å². The van der Waals surface area contributed by atoms with Crippen LogP contribution < -0.4 is 15.4 Å². The van der Waals surface area contributed by atoms with E-state index in [0.29, 0.717) is 22.8 Å². The van der Waals surface area contributed by atoms with Crippen molar-refractivity contribution < 1.29 is 28.6 Å². The van der Waals surface area contributed by atoms with Gasteiger partial charge < -0.3 is 24.9 Å². The normalized spacial score (nSPS) is 15.9. The number of benzene rings is 1. The van der Waals surface area contributed by atoms with Gasteiger partial charge in [0.25, 0.3) is 0 Å². The van der Waals surface area contributed by atoms with Crippen LogP contribution in [0.1, 0.15) is 34.2 Å². The van der Waals surface area contributed by atoms with Crippen LogP contribution in [0.3, 0.4) is 0 Å². The summed E-state index contributed by atoms with van der Waals surface area (Å²) in [6.45, 7) is 0.0313. The minimum absolute atomic E-state index is 0.0184. The maximum atomic E-state index is 12.5. The summed E-state index contributed by atoms with van der Waals surface area (Å²) in [7, 11) is 1.49. The quantitative estimate of drug-likeness (QED) is 0.760. The molecule has 0 spiro atoms. The molecule has 1 unspecified atom stereocenters. The number of para-hydroxylation sites is 1. The molecule has 1 aliphatic heterocycles. The van der Waals surface area contributed by atoms with Gasteiger partial charge in [0.1, 0.15) is 11.5 Å². The highest BCUT2D eigenvalue weighted by Crippen LogP contribution is 2.38. The minimum Gasteiger partial charge on any atom is -0.495 e. The van der Waals surface area contributed by atoms with E-state index in [4.69, 9.17) is 14.3 Å². The summed E-state index contributed by atoms with van der Waals surface area (Å²) in [5, 5.41) is 14.2. The van der Waals surface area contributed by atoms with E-state index in [2.05, 4.69) is 10.6 Å². The van der Waals surface area contributed by atoms with Crippen molar-refractivity contribution in [1.29, 1.82) is 0 Å². The number of carbonyl (C=O) groups excluding carboxylic acids is 2. The molecule has 0 fully saturated rings. The molecular weight excluding hydrogens is 328 g/mol. The molecule has 1 aliphatic rings. The second kappa shape index (κ2) is 6.68. The van der Waals surface area contributed by atoms with Crippen molar-refractivity contribution in [3.05, 3.63) is 47.4 Å². The number of aromatic carboxylic acids is 1. The average Bonchev–Trinajstić information content (AvgIpc) is 3.07. The highest BCUT2D eigenvalue weighted by Gasteiger charge is 2.32. The number of ether oxygens (including phenoxy) is 1. The average molecular weight is 344 g/mol. The molecule has 0 saturated carbocycles. The Morgan fingerprint density at radius 1 is 1.36 bits per heavy atom. The molecule has 0 bridgehead atoms. The van der Waals surface area contributed by atoms with E-state index in [0.717, 1.165) is 0 Å². The first kappa shape index (κ1) is 16.6. The lowest BCUT2D eigenvalue weighted by Gasteiger charge is -2.26. The number of hydrogen-bond donors (Lipinski definition) is 3. The van der Waals surface area contributed by atoms with Gasteiger partial charge >= 0.3 is 5.97 Å². The first-order valence-electron chi connectivity index (χ1n) is 7.56. The molecule has 8 nitrogen and oxygen atoms in total. The zero-order chi connectivity index (χ0) is 18.0. The third-order valence-corrected chi connectivity index (χ3v) is 3.93. The highest BCUT2D eigenvalue weighted by atomic mass is 16.5. The second-order valence-corrected chi connectivity index (χ2v) is 5.52. The lowest BCUT2D eigenvalue weighted by molar-refractivity contribution is -0.126. The smallest absolute Gasteiger partial charge is 0.371 e. The number of rotatable bonds is 5. The van der Waals surface area contributed by atoms with Crippen LogP contribution in [0.25, 0.3) is 0 Å². The topological polar surface area (TPSA) is 118 Å². The molecule has 1 aromatic heterocycles. The molecule has 130 valence electrons. The van der Waals surface area contributed by atoms with E-state index in [9.17, 15) is 14.4 Å². The summed E-state index contributed by atoms with van der Waals surface area (Å²) in [6, 6.07) is 8.01. The van der Waals surface area contributed by atoms with Crippen LogP contribution in [0.5, 0.6) is 5.75 Å². The number of anilines is 1. The van der Waals surface area contributed by atoms with Gasteiger partial charge in [-0.15, -0.1) is 0 Å². The Bertz CT molecular complexity index is 841. The fraction of sp³-hybridized carbons (Fsp3) is 0.235. The van der Waals surface area contributed by atoms with Gasteiger partial charge in [-0.1, -0.05) is 12.1 Å². The van der Waals surface area contributed by atoms with Crippen molar-refractivity contribution in [2.45, 2.75) is 18.9 Å². The minimum atomic E-state index is -1.18. The number of methoxy groups -OCH3 is 1. The third kappa shape index (κ3) is 3.32. The molecule has 2 aromatic rings. The molecule has 3 N–H and O–H groups in total. The molecule has 0 aliphatic carbocycles. The zero-order valence-electron chi connectivity index (χ0n) is 13.4. The van der Waals surface area contributed by atoms with Crippen molar-refractivity contribution in [2.24, 2.45) is 0 Å². The maximum Gasteiger partial charge on any atom is 0.371 e. The fourth-order valence-corrected chi connectivity index (χ4v) is 2.75. The summed E-state index contributed by atoms with van der Waals surface area (Å²) in [5.74, 6) is -1.86. The number of amides is 2. The molecule has 8 heteroatoms. The molecule has 3 rings (SSSR count). The summed E-state index contributed by atoms with van der Waals surface area (Å²) < 4.78 is 10.3. The SMILES string of the molecule is COc1cccc2c1NC(=O)CC2C(=O)NCc1ccc(C(=O)O)o1. The molecule has 1 atom stereocenters. The molecule has 1 aromatic carbocycles. The predicted octanol–water partition coefficient (Wildman–Crippen LogP) is 1.73. The summed E-state index contributed by atoms with van der Waals surface area (Å²) >= 11 is 0. The lowest BCUT2D eigenvalue weighted by atomic mass is 9.89. The summed E-state index contributed by atoms with van der Waals surface area (Å²) in [6.07, 6.45) is 0.0184. The fourth-order valence-electron chi connectivity index (χ4n) is 2.75. The highest BCUT2D eigenvalue weighted by molar-refractivity contribution is 6.02. The number of carbonyl (C=O) groups is 3. The van der Waals surface area contributed by atoms with E-state index >= 15 is 0 Å². The van der Waals surface area contributed by atoms with E-state index in [-0.39, 0.29) is 30.5 Å². The molecular formula is C17H16N2O6. The van der Waals surface area contributed by atoms with Crippen LogP contribution in [0.15, 0.2) is 34.7 Å². The van der Waals surface area contributed by atoms with E-state index in [1.165, 1.54) is 19.2 Å². The third-order valence-electron chi connectivity index (χ3n) is 3.93. The van der Waals surface area contributed by atoms with Crippen molar-refractivity contribution in [3.63, 3.8) is 0 Å². The molecule has 0 radical (unpaired) electrons. The Morgan fingerprint density at radius 3 is 2.84 bits per heavy atom. The van der Waals surface area contributed by atoms with Gasteiger partial charge in [0.15, 0.2) is 0 Å². The monoisotopic (exact) mass is 344 g/mol. The Hall–Kier alpha value is -3.29. The number of fused-ring (bicyclic) bond motifs is 1. The maximum absolute atomic E-state index is 12.5.